The number of ether oxygens (including phenoxy) is 2. The molecule has 0 unspecified atom stereocenters. The third-order valence-corrected chi connectivity index (χ3v) is 3.48. The Labute approximate surface area is 154 Å². The summed E-state index contributed by atoms with van der Waals surface area (Å²) in [6, 6.07) is 15.7. The van der Waals surface area contributed by atoms with E-state index in [9.17, 15) is 0 Å². The van der Waals surface area contributed by atoms with E-state index >= 15 is 0 Å². The lowest BCUT2D eigenvalue weighted by Gasteiger charge is -2.08. The van der Waals surface area contributed by atoms with Crippen LogP contribution in [0.5, 0.6) is 5.75 Å². The number of benzene rings is 2. The molecule has 2 aromatic carbocycles. The molecule has 0 aromatic heterocycles. The number of hydrogen-bond donors (Lipinski definition) is 2. The molecular formula is C18H23Cl2NO3. The van der Waals surface area contributed by atoms with Crippen LogP contribution in [0.2, 0.25) is 5.02 Å². The summed E-state index contributed by atoms with van der Waals surface area (Å²) < 4.78 is 10.9. The second-order valence-corrected chi connectivity index (χ2v) is 5.51. The lowest BCUT2D eigenvalue weighted by atomic mass is 10.2. The Morgan fingerprint density at radius 2 is 1.58 bits per heavy atom. The Morgan fingerprint density at radius 1 is 0.917 bits per heavy atom. The maximum atomic E-state index is 8.59. The van der Waals surface area contributed by atoms with E-state index in [1.807, 2.05) is 48.5 Å². The smallest absolute Gasteiger partial charge is 0.119 e. The van der Waals surface area contributed by atoms with Crippen molar-refractivity contribution in [1.29, 1.82) is 0 Å². The molecule has 6 heteroatoms. The first-order valence-corrected chi connectivity index (χ1v) is 8.01. The van der Waals surface area contributed by atoms with Gasteiger partial charge in [0.05, 0.1) is 19.8 Å². The third-order valence-electron chi connectivity index (χ3n) is 3.23. The van der Waals surface area contributed by atoms with Gasteiger partial charge in [0.2, 0.25) is 0 Å². The van der Waals surface area contributed by atoms with Crippen LogP contribution in [0.1, 0.15) is 11.1 Å². The van der Waals surface area contributed by atoms with Crippen molar-refractivity contribution in [1.82, 2.24) is 5.32 Å². The van der Waals surface area contributed by atoms with Crippen LogP contribution >= 0.6 is 24.0 Å². The summed E-state index contributed by atoms with van der Waals surface area (Å²) in [6.45, 7) is 3.12. The molecule has 24 heavy (non-hydrogen) atoms. The third kappa shape index (κ3) is 7.99. The summed E-state index contributed by atoms with van der Waals surface area (Å²) in [5.41, 5.74) is 2.27. The van der Waals surface area contributed by atoms with E-state index in [4.69, 9.17) is 26.2 Å². The van der Waals surface area contributed by atoms with Gasteiger partial charge in [0.1, 0.15) is 12.4 Å². The van der Waals surface area contributed by atoms with E-state index in [0.717, 1.165) is 29.4 Å². The fourth-order valence-electron chi connectivity index (χ4n) is 1.99. The lowest BCUT2D eigenvalue weighted by Crippen LogP contribution is -2.19. The topological polar surface area (TPSA) is 50.7 Å². The number of halogens is 2. The van der Waals surface area contributed by atoms with Crippen molar-refractivity contribution in [3.63, 3.8) is 0 Å². The molecular weight excluding hydrogens is 349 g/mol. The fraction of sp³-hybridized carbons (Fsp3) is 0.333. The highest BCUT2D eigenvalue weighted by molar-refractivity contribution is 6.30. The summed E-state index contributed by atoms with van der Waals surface area (Å²) >= 11 is 5.86. The molecule has 0 aliphatic heterocycles. The Balaban J connectivity index is 0.00000288. The standard InChI is InChI=1S/C18H22ClNO3.ClH/c19-17-5-1-16(2-6-17)14-23-18-7-3-15(4-8-18)13-20-9-11-22-12-10-21;/h1-8,20-21H,9-14H2;1H. The second kappa shape index (κ2) is 12.1. The average molecular weight is 372 g/mol. The molecule has 0 saturated carbocycles. The minimum atomic E-state index is 0. The molecule has 0 amide bonds. The van der Waals surface area contributed by atoms with E-state index in [2.05, 4.69) is 5.32 Å². The Bertz CT molecular complexity index is 561. The normalized spacial score (nSPS) is 10.2. The molecule has 2 N–H and O–H groups in total. The summed E-state index contributed by atoms with van der Waals surface area (Å²) in [7, 11) is 0. The number of aliphatic hydroxyl groups is 1. The first-order valence-electron chi connectivity index (χ1n) is 7.63. The van der Waals surface area contributed by atoms with Crippen LogP contribution in [0.15, 0.2) is 48.5 Å². The molecule has 4 nitrogen and oxygen atoms in total. The van der Waals surface area contributed by atoms with E-state index < -0.39 is 0 Å². The average Bonchev–Trinajstić information content (AvgIpc) is 2.58. The molecule has 0 aliphatic carbocycles. The molecule has 132 valence electrons. The van der Waals surface area contributed by atoms with E-state index in [0.29, 0.717) is 19.8 Å². The van der Waals surface area contributed by atoms with Gasteiger partial charge in [-0.2, -0.15) is 0 Å². The van der Waals surface area contributed by atoms with Gasteiger partial charge >= 0.3 is 0 Å². The maximum Gasteiger partial charge on any atom is 0.119 e. The largest absolute Gasteiger partial charge is 0.489 e. The number of hydrogen-bond acceptors (Lipinski definition) is 4. The predicted octanol–water partition coefficient (Wildman–Crippen LogP) is 3.44. The van der Waals surface area contributed by atoms with Gasteiger partial charge in [-0.05, 0) is 35.4 Å². The van der Waals surface area contributed by atoms with Crippen LogP contribution in [0, 0.1) is 0 Å². The minimum absolute atomic E-state index is 0. The van der Waals surface area contributed by atoms with Gasteiger partial charge in [-0.1, -0.05) is 35.9 Å². The van der Waals surface area contributed by atoms with Gasteiger partial charge < -0.3 is 19.9 Å². The van der Waals surface area contributed by atoms with Gasteiger partial charge in [0, 0.05) is 18.1 Å². The summed E-state index contributed by atoms with van der Waals surface area (Å²) in [5, 5.41) is 12.6. The first-order chi connectivity index (χ1) is 11.3. The van der Waals surface area contributed by atoms with Crippen molar-refractivity contribution in [2.24, 2.45) is 0 Å². The molecule has 0 bridgehead atoms. The van der Waals surface area contributed by atoms with Crippen molar-refractivity contribution < 1.29 is 14.6 Å². The Kier molecular flexibility index (Phi) is 10.5. The summed E-state index contributed by atoms with van der Waals surface area (Å²) in [4.78, 5) is 0. The van der Waals surface area contributed by atoms with Crippen LogP contribution in [0.3, 0.4) is 0 Å². The highest BCUT2D eigenvalue weighted by atomic mass is 35.5. The monoisotopic (exact) mass is 371 g/mol. The van der Waals surface area contributed by atoms with Crippen molar-refractivity contribution >= 4 is 24.0 Å². The SMILES string of the molecule is Cl.OCCOCCNCc1ccc(OCc2ccc(Cl)cc2)cc1. The van der Waals surface area contributed by atoms with Crippen molar-refractivity contribution in [2.45, 2.75) is 13.2 Å². The van der Waals surface area contributed by atoms with Crippen LogP contribution < -0.4 is 10.1 Å². The number of nitrogens with one attached hydrogen (secondary N) is 1. The molecule has 2 aromatic rings. The van der Waals surface area contributed by atoms with Gasteiger partial charge in [-0.3, -0.25) is 0 Å². The van der Waals surface area contributed by atoms with Crippen LogP contribution in [0.4, 0.5) is 0 Å². The van der Waals surface area contributed by atoms with Crippen LogP contribution in [0.25, 0.3) is 0 Å². The summed E-state index contributed by atoms with van der Waals surface area (Å²) in [6.07, 6.45) is 0. The molecule has 0 heterocycles. The van der Waals surface area contributed by atoms with E-state index in [-0.39, 0.29) is 19.0 Å². The van der Waals surface area contributed by atoms with Crippen molar-refractivity contribution in [3.05, 3.63) is 64.7 Å². The molecule has 0 aliphatic rings. The van der Waals surface area contributed by atoms with Gasteiger partial charge in [-0.25, -0.2) is 0 Å². The molecule has 2 rings (SSSR count). The van der Waals surface area contributed by atoms with Crippen LogP contribution in [-0.4, -0.2) is 31.5 Å². The highest BCUT2D eigenvalue weighted by Gasteiger charge is 1.98. The van der Waals surface area contributed by atoms with E-state index in [1.165, 1.54) is 5.56 Å². The Morgan fingerprint density at radius 3 is 2.25 bits per heavy atom. The predicted molar refractivity (Wildman–Crippen MR) is 99.1 cm³/mol. The zero-order valence-corrected chi connectivity index (χ0v) is 15.0. The zero-order chi connectivity index (χ0) is 16.3. The van der Waals surface area contributed by atoms with Crippen molar-refractivity contribution in [3.8, 4) is 5.75 Å². The number of aliphatic hydroxyl groups excluding tert-OH is 1. The molecule has 0 atom stereocenters. The lowest BCUT2D eigenvalue weighted by molar-refractivity contribution is 0.0938. The minimum Gasteiger partial charge on any atom is -0.489 e. The molecule has 0 saturated heterocycles. The van der Waals surface area contributed by atoms with Crippen molar-refractivity contribution in [2.75, 3.05) is 26.4 Å². The highest BCUT2D eigenvalue weighted by Crippen LogP contribution is 2.15. The zero-order valence-electron chi connectivity index (χ0n) is 13.4. The number of rotatable bonds is 10. The molecule has 0 radical (unpaired) electrons. The second-order valence-electron chi connectivity index (χ2n) is 5.07. The van der Waals surface area contributed by atoms with Gasteiger partial charge in [-0.15, -0.1) is 12.4 Å². The quantitative estimate of drug-likeness (QED) is 0.628. The Hall–Kier alpha value is -1.30. The first kappa shape index (κ1) is 20.7. The van der Waals surface area contributed by atoms with E-state index in [1.54, 1.807) is 0 Å². The van der Waals surface area contributed by atoms with Gasteiger partial charge in [0.25, 0.3) is 0 Å². The molecule has 0 fully saturated rings. The maximum absolute atomic E-state index is 8.59. The van der Waals surface area contributed by atoms with Gasteiger partial charge in [0.15, 0.2) is 0 Å². The summed E-state index contributed by atoms with van der Waals surface area (Å²) in [5.74, 6) is 0.843. The molecule has 0 spiro atoms. The fourth-order valence-corrected chi connectivity index (χ4v) is 2.12. The van der Waals surface area contributed by atoms with Crippen LogP contribution in [-0.2, 0) is 17.9 Å².